The smallest absolute Gasteiger partial charge is 0.320 e. The Morgan fingerprint density at radius 2 is 1.73 bits per heavy atom. The van der Waals surface area contributed by atoms with Crippen LogP contribution in [0.5, 0.6) is 5.88 Å². The molecule has 2 fully saturated rings. The van der Waals surface area contributed by atoms with Crippen LogP contribution >= 0.6 is 0 Å². The van der Waals surface area contributed by atoms with Crippen LogP contribution in [0.15, 0.2) is 72.9 Å². The number of para-hydroxylation sites is 1. The minimum atomic E-state index is -1.04. The number of aliphatic hydroxyl groups excluding tert-OH is 1. The van der Waals surface area contributed by atoms with Crippen LogP contribution in [0.2, 0.25) is 0 Å². The summed E-state index contributed by atoms with van der Waals surface area (Å²) in [7, 11) is 3.31. The number of nitrogens with zero attached hydrogens (tertiary/aromatic N) is 4. The maximum Gasteiger partial charge on any atom is 0.320 e. The van der Waals surface area contributed by atoms with Gasteiger partial charge in [0.15, 0.2) is 0 Å². The number of likely N-dealkylation sites (tertiary alicyclic amines) is 1. The first-order valence-electron chi connectivity index (χ1n) is 17.6. The number of hydrogen-bond donors (Lipinski definition) is 4. The Balaban J connectivity index is 1.29. The first-order chi connectivity index (χ1) is 24.9. The third-order valence-corrected chi connectivity index (χ3v) is 9.49. The number of hydrogen-bond acceptors (Lipinski definition) is 10. The van der Waals surface area contributed by atoms with Crippen molar-refractivity contribution in [1.82, 2.24) is 30.3 Å². The van der Waals surface area contributed by atoms with E-state index in [1.165, 1.54) is 5.56 Å². The molecule has 0 bridgehead atoms. The molecule has 2 aliphatic rings. The number of benzene rings is 2. The molecule has 13 nitrogen and oxygen atoms in total. The number of pyridine rings is 1. The molecule has 0 aliphatic carbocycles. The maximum absolute atomic E-state index is 13.9. The number of carbonyl (C=O) groups excluding carboxylic acids is 1. The number of carbonyl (C=O) groups is 1. The number of ether oxygens (including phenoxy) is 4. The van der Waals surface area contributed by atoms with Crippen LogP contribution in [0.4, 0.5) is 10.6 Å². The fourth-order valence-electron chi connectivity index (χ4n) is 6.77. The zero-order valence-corrected chi connectivity index (χ0v) is 29.6. The minimum Gasteiger partial charge on any atom is -0.475 e. The van der Waals surface area contributed by atoms with Gasteiger partial charge in [-0.15, -0.1) is 0 Å². The molecule has 2 saturated heterocycles. The lowest BCUT2D eigenvalue weighted by Gasteiger charge is -2.27. The predicted molar refractivity (Wildman–Crippen MR) is 194 cm³/mol. The SMILES string of the molecule is COCCOc1ncc(-c2nn(-c3ccccc3)c(NC(=O)N[C@@H]3CN(CCOC)C[C@H]3c3ccccc3)c2C)cc1C(O)NC1CCOCC1. The topological polar surface area (TPSA) is 144 Å². The number of rotatable bonds is 15. The van der Waals surface area contributed by atoms with E-state index in [1.54, 1.807) is 25.1 Å². The molecular weight excluding hydrogens is 650 g/mol. The molecule has 0 spiro atoms. The Morgan fingerprint density at radius 1 is 1.00 bits per heavy atom. The van der Waals surface area contributed by atoms with Crippen molar-refractivity contribution in [2.45, 2.75) is 44.0 Å². The molecule has 0 radical (unpaired) electrons. The van der Waals surface area contributed by atoms with Crippen molar-refractivity contribution in [3.8, 4) is 22.8 Å². The zero-order chi connectivity index (χ0) is 35.6. The molecule has 13 heteroatoms. The number of urea groups is 1. The van der Waals surface area contributed by atoms with Crippen LogP contribution < -0.4 is 20.7 Å². The Labute approximate surface area is 299 Å². The lowest BCUT2D eigenvalue weighted by Crippen LogP contribution is -2.42. The molecule has 4 N–H and O–H groups in total. The molecule has 272 valence electrons. The fraction of sp³-hybridized carbons (Fsp3) is 0.447. The average Bonchev–Trinajstić information content (AvgIpc) is 3.71. The van der Waals surface area contributed by atoms with Gasteiger partial charge in [0.05, 0.1) is 36.2 Å². The van der Waals surface area contributed by atoms with Gasteiger partial charge in [0.1, 0.15) is 18.7 Å². The summed E-state index contributed by atoms with van der Waals surface area (Å²) in [6, 6.07) is 21.5. The lowest BCUT2D eigenvalue weighted by atomic mass is 9.94. The molecule has 6 rings (SSSR count). The highest BCUT2D eigenvalue weighted by atomic mass is 16.5. The molecule has 4 heterocycles. The molecule has 2 aliphatic heterocycles. The van der Waals surface area contributed by atoms with Gasteiger partial charge in [-0.25, -0.2) is 14.5 Å². The Kier molecular flexibility index (Phi) is 12.7. The Hall–Kier alpha value is -4.37. The Morgan fingerprint density at radius 3 is 2.45 bits per heavy atom. The van der Waals surface area contributed by atoms with Gasteiger partial charge in [-0.3, -0.25) is 15.5 Å². The highest BCUT2D eigenvalue weighted by Gasteiger charge is 2.35. The second-order valence-corrected chi connectivity index (χ2v) is 13.0. The van der Waals surface area contributed by atoms with Crippen LogP contribution in [0.25, 0.3) is 16.9 Å². The van der Waals surface area contributed by atoms with Crippen LogP contribution in [-0.2, 0) is 14.2 Å². The van der Waals surface area contributed by atoms with Gasteiger partial charge >= 0.3 is 6.03 Å². The van der Waals surface area contributed by atoms with Gasteiger partial charge in [-0.05, 0) is 43.5 Å². The van der Waals surface area contributed by atoms with Crippen molar-refractivity contribution in [2.75, 3.05) is 72.2 Å². The summed E-state index contributed by atoms with van der Waals surface area (Å²) in [5, 5.41) is 26.1. The van der Waals surface area contributed by atoms with Crippen molar-refractivity contribution in [1.29, 1.82) is 0 Å². The van der Waals surface area contributed by atoms with Gasteiger partial charge in [0, 0.05) is 76.4 Å². The van der Waals surface area contributed by atoms with E-state index >= 15 is 0 Å². The van der Waals surface area contributed by atoms with Gasteiger partial charge in [-0.1, -0.05) is 48.5 Å². The quantitative estimate of drug-likeness (QED) is 0.105. The van der Waals surface area contributed by atoms with E-state index in [9.17, 15) is 9.90 Å². The summed E-state index contributed by atoms with van der Waals surface area (Å²) >= 11 is 0. The van der Waals surface area contributed by atoms with Crippen LogP contribution in [0.3, 0.4) is 0 Å². The second kappa shape index (κ2) is 17.7. The largest absolute Gasteiger partial charge is 0.475 e. The van der Waals surface area contributed by atoms with Crippen molar-refractivity contribution in [3.63, 3.8) is 0 Å². The molecule has 4 aromatic rings. The van der Waals surface area contributed by atoms with E-state index in [2.05, 4.69) is 38.0 Å². The normalized spacial score (nSPS) is 18.8. The number of nitrogens with one attached hydrogen (secondary N) is 3. The molecule has 1 unspecified atom stereocenters. The summed E-state index contributed by atoms with van der Waals surface area (Å²) in [6.07, 6.45) is 2.23. The fourth-order valence-corrected chi connectivity index (χ4v) is 6.77. The van der Waals surface area contributed by atoms with Crippen molar-refractivity contribution in [2.24, 2.45) is 0 Å². The molecule has 0 saturated carbocycles. The summed E-state index contributed by atoms with van der Waals surface area (Å²) in [5.74, 6) is 0.964. The second-order valence-electron chi connectivity index (χ2n) is 13.0. The highest BCUT2D eigenvalue weighted by Crippen LogP contribution is 2.34. The van der Waals surface area contributed by atoms with Crippen LogP contribution in [-0.4, -0.2) is 110 Å². The summed E-state index contributed by atoms with van der Waals surface area (Å²) in [6.45, 7) is 6.79. The Bertz CT molecular complexity index is 1700. The van der Waals surface area contributed by atoms with E-state index in [-0.39, 0.29) is 30.6 Å². The van der Waals surface area contributed by atoms with Crippen molar-refractivity contribution < 1.29 is 28.8 Å². The lowest BCUT2D eigenvalue weighted by molar-refractivity contribution is 0.0476. The third kappa shape index (κ3) is 9.11. The van der Waals surface area contributed by atoms with Crippen molar-refractivity contribution in [3.05, 3.63) is 89.6 Å². The third-order valence-electron chi connectivity index (χ3n) is 9.49. The van der Waals surface area contributed by atoms with Gasteiger partial charge in [0.25, 0.3) is 0 Å². The average molecular weight is 700 g/mol. The van der Waals surface area contributed by atoms with E-state index in [0.717, 1.165) is 37.2 Å². The highest BCUT2D eigenvalue weighted by molar-refractivity contribution is 5.91. The van der Waals surface area contributed by atoms with E-state index in [0.29, 0.717) is 61.5 Å². The van der Waals surface area contributed by atoms with Crippen LogP contribution in [0.1, 0.15) is 41.7 Å². The number of anilines is 1. The zero-order valence-electron chi connectivity index (χ0n) is 29.6. The van der Waals surface area contributed by atoms with E-state index < -0.39 is 6.23 Å². The molecule has 3 atom stereocenters. The number of methoxy groups -OCH3 is 2. The molecule has 2 aromatic heterocycles. The number of aliphatic hydroxyl groups is 1. The summed E-state index contributed by atoms with van der Waals surface area (Å²) in [5.41, 5.74) is 4.48. The number of aromatic nitrogens is 3. The van der Waals surface area contributed by atoms with Gasteiger partial charge in [0.2, 0.25) is 5.88 Å². The van der Waals surface area contributed by atoms with E-state index in [1.807, 2.05) is 61.5 Å². The first-order valence-corrected chi connectivity index (χ1v) is 17.6. The van der Waals surface area contributed by atoms with E-state index in [4.69, 9.17) is 24.0 Å². The van der Waals surface area contributed by atoms with Gasteiger partial charge in [-0.2, -0.15) is 5.10 Å². The van der Waals surface area contributed by atoms with Gasteiger partial charge < -0.3 is 29.4 Å². The molecule has 2 aromatic carbocycles. The van der Waals surface area contributed by atoms with Crippen molar-refractivity contribution >= 4 is 11.8 Å². The van der Waals surface area contributed by atoms with Crippen LogP contribution in [0, 0.1) is 6.92 Å². The molecule has 2 amide bonds. The maximum atomic E-state index is 13.9. The number of amides is 2. The molecule has 51 heavy (non-hydrogen) atoms. The monoisotopic (exact) mass is 699 g/mol. The summed E-state index contributed by atoms with van der Waals surface area (Å²) in [4.78, 5) is 20.8. The standard InChI is InChI=1S/C38H49N7O6/c1-26-34(28-22-31(37(39-23-28)51-21-20-49-3)36(46)40-29-14-17-50-18-15-29)43-45(30-12-8-5-9-13-30)35(26)42-38(47)41-33-25-44(16-19-48-2)24-32(33)27-10-6-4-7-11-27/h4-13,22-23,29,32-33,36,40,46H,14-21,24-25H2,1-3H3,(H2,41,42,47)/t32-,33+,36?/m0/s1. The minimum absolute atomic E-state index is 0.0889. The summed E-state index contributed by atoms with van der Waals surface area (Å²) < 4.78 is 23.7. The predicted octanol–water partition coefficient (Wildman–Crippen LogP) is 4.26. The molecular formula is C38H49N7O6. The first kappa shape index (κ1) is 36.4.